The molecule has 0 spiro atoms. The average Bonchev–Trinajstić information content (AvgIpc) is 3.28. The number of nitrogens with zero attached hydrogens (tertiary/aromatic N) is 3. The minimum Gasteiger partial charge on any atom is -0.445 e. The number of aryl methyl sites for hydroxylation is 1. The fourth-order valence-electron chi connectivity index (χ4n) is 4.30. The van der Waals surface area contributed by atoms with Gasteiger partial charge >= 0.3 is 6.09 Å². The number of hydrogen-bond acceptors (Lipinski definition) is 4. The highest BCUT2D eigenvalue weighted by atomic mass is 16.6. The minimum atomic E-state index is -0.225. The van der Waals surface area contributed by atoms with Crippen molar-refractivity contribution in [2.75, 3.05) is 24.5 Å². The van der Waals surface area contributed by atoms with Gasteiger partial charge in [-0.3, -0.25) is 0 Å². The monoisotopic (exact) mass is 379 g/mol. The molecule has 1 atom stereocenters. The van der Waals surface area contributed by atoms with Crippen molar-refractivity contribution in [1.29, 1.82) is 0 Å². The number of amides is 1. The molecule has 2 aliphatic heterocycles. The fourth-order valence-corrected chi connectivity index (χ4v) is 4.30. The standard InChI is InChI=1S/C23H29N3O2/c1-18-15-22(25-12-7-8-13-25)24-16-20(18)21-11-5-6-14-26(21)23(27)28-17-19-9-3-2-4-10-19/h2-4,9-10,15-16,21H,5-8,11-14,17H2,1H3/t21-/m1/s1. The van der Waals surface area contributed by atoms with Gasteiger partial charge in [-0.1, -0.05) is 30.3 Å². The zero-order valence-corrected chi connectivity index (χ0v) is 16.6. The van der Waals surface area contributed by atoms with Gasteiger partial charge in [-0.05, 0) is 61.8 Å². The van der Waals surface area contributed by atoms with Gasteiger partial charge in [0.05, 0.1) is 6.04 Å². The molecular formula is C23H29N3O2. The molecule has 3 heterocycles. The molecule has 1 aromatic carbocycles. The lowest BCUT2D eigenvalue weighted by molar-refractivity contribution is 0.0677. The van der Waals surface area contributed by atoms with Crippen LogP contribution in [-0.2, 0) is 11.3 Å². The summed E-state index contributed by atoms with van der Waals surface area (Å²) in [5, 5.41) is 0. The number of likely N-dealkylation sites (tertiary alicyclic amines) is 1. The highest BCUT2D eigenvalue weighted by Gasteiger charge is 2.30. The van der Waals surface area contributed by atoms with E-state index in [-0.39, 0.29) is 12.1 Å². The Morgan fingerprint density at radius 3 is 2.61 bits per heavy atom. The van der Waals surface area contributed by atoms with Crippen molar-refractivity contribution >= 4 is 11.9 Å². The first-order valence-electron chi connectivity index (χ1n) is 10.4. The molecule has 0 aliphatic carbocycles. The number of benzene rings is 1. The molecule has 0 unspecified atom stereocenters. The predicted octanol–water partition coefficient (Wildman–Crippen LogP) is 4.85. The van der Waals surface area contributed by atoms with Crippen LogP contribution in [0, 0.1) is 6.92 Å². The number of hydrogen-bond donors (Lipinski definition) is 0. The van der Waals surface area contributed by atoms with E-state index in [4.69, 9.17) is 9.72 Å². The van der Waals surface area contributed by atoms with Crippen molar-refractivity contribution in [2.24, 2.45) is 0 Å². The van der Waals surface area contributed by atoms with Gasteiger partial charge in [0.2, 0.25) is 0 Å². The molecule has 1 amide bonds. The van der Waals surface area contributed by atoms with Crippen LogP contribution >= 0.6 is 0 Å². The van der Waals surface area contributed by atoms with Gasteiger partial charge in [-0.25, -0.2) is 9.78 Å². The van der Waals surface area contributed by atoms with E-state index in [1.165, 1.54) is 18.4 Å². The Morgan fingerprint density at radius 2 is 1.86 bits per heavy atom. The summed E-state index contributed by atoms with van der Waals surface area (Å²) in [6, 6.07) is 12.1. The van der Waals surface area contributed by atoms with E-state index in [1.807, 2.05) is 41.4 Å². The number of ether oxygens (including phenoxy) is 1. The number of piperidine rings is 1. The predicted molar refractivity (Wildman–Crippen MR) is 110 cm³/mol. The average molecular weight is 380 g/mol. The lowest BCUT2D eigenvalue weighted by Crippen LogP contribution is -2.39. The van der Waals surface area contributed by atoms with Crippen molar-refractivity contribution in [3.05, 3.63) is 59.3 Å². The number of anilines is 1. The zero-order chi connectivity index (χ0) is 19.3. The number of rotatable bonds is 4. The maximum Gasteiger partial charge on any atom is 0.410 e. The zero-order valence-electron chi connectivity index (χ0n) is 16.6. The second kappa shape index (κ2) is 8.63. The Bertz CT molecular complexity index is 803. The van der Waals surface area contributed by atoms with Crippen LogP contribution in [0.4, 0.5) is 10.6 Å². The molecule has 5 nitrogen and oxygen atoms in total. The quantitative estimate of drug-likeness (QED) is 0.761. The molecule has 2 fully saturated rings. The molecule has 2 aromatic rings. The number of carbonyl (C=O) groups is 1. The Hall–Kier alpha value is -2.56. The van der Waals surface area contributed by atoms with E-state index >= 15 is 0 Å². The maximum atomic E-state index is 12.8. The third-order valence-electron chi connectivity index (χ3n) is 5.87. The van der Waals surface area contributed by atoms with Gasteiger partial charge in [-0.2, -0.15) is 0 Å². The van der Waals surface area contributed by atoms with Gasteiger partial charge in [-0.15, -0.1) is 0 Å². The number of pyridine rings is 1. The van der Waals surface area contributed by atoms with Crippen LogP contribution in [0.25, 0.3) is 0 Å². The van der Waals surface area contributed by atoms with Crippen LogP contribution < -0.4 is 4.90 Å². The summed E-state index contributed by atoms with van der Waals surface area (Å²) in [7, 11) is 0. The summed E-state index contributed by atoms with van der Waals surface area (Å²) < 4.78 is 5.62. The largest absolute Gasteiger partial charge is 0.445 e. The van der Waals surface area contributed by atoms with E-state index in [9.17, 15) is 4.79 Å². The minimum absolute atomic E-state index is 0.0529. The molecule has 1 aromatic heterocycles. The van der Waals surface area contributed by atoms with Crippen LogP contribution in [0.2, 0.25) is 0 Å². The van der Waals surface area contributed by atoms with E-state index in [1.54, 1.807) is 0 Å². The van der Waals surface area contributed by atoms with Gasteiger partial charge in [0.15, 0.2) is 0 Å². The van der Waals surface area contributed by atoms with Crippen LogP contribution in [0.5, 0.6) is 0 Å². The summed E-state index contributed by atoms with van der Waals surface area (Å²) in [5.74, 6) is 1.06. The van der Waals surface area contributed by atoms with Crippen molar-refractivity contribution < 1.29 is 9.53 Å². The third-order valence-corrected chi connectivity index (χ3v) is 5.87. The van der Waals surface area contributed by atoms with E-state index in [0.717, 1.165) is 55.8 Å². The Kier molecular flexibility index (Phi) is 5.79. The summed E-state index contributed by atoms with van der Waals surface area (Å²) >= 11 is 0. The molecule has 4 rings (SSSR count). The van der Waals surface area contributed by atoms with Crippen LogP contribution in [0.3, 0.4) is 0 Å². The van der Waals surface area contributed by atoms with Gasteiger partial charge < -0.3 is 14.5 Å². The lowest BCUT2D eigenvalue weighted by atomic mass is 9.94. The lowest BCUT2D eigenvalue weighted by Gasteiger charge is -2.36. The SMILES string of the molecule is Cc1cc(N2CCCC2)ncc1[C@H]1CCCCN1C(=O)OCc1ccccc1. The molecule has 0 radical (unpaired) electrons. The maximum absolute atomic E-state index is 12.8. The second-order valence-electron chi connectivity index (χ2n) is 7.84. The van der Waals surface area contributed by atoms with Crippen LogP contribution in [0.1, 0.15) is 54.8 Å². The highest BCUT2D eigenvalue weighted by Crippen LogP contribution is 2.34. The van der Waals surface area contributed by atoms with E-state index in [2.05, 4.69) is 17.9 Å². The Labute approximate surface area is 167 Å². The highest BCUT2D eigenvalue weighted by molar-refractivity contribution is 5.68. The summed E-state index contributed by atoms with van der Waals surface area (Å²) in [6.45, 7) is 5.37. The smallest absolute Gasteiger partial charge is 0.410 e. The normalized spacial score (nSPS) is 19.7. The Balaban J connectivity index is 1.47. The van der Waals surface area contributed by atoms with Crippen LogP contribution in [-0.4, -0.2) is 35.6 Å². The van der Waals surface area contributed by atoms with E-state index in [0.29, 0.717) is 6.61 Å². The molecule has 2 saturated heterocycles. The number of carbonyl (C=O) groups excluding carboxylic acids is 1. The van der Waals surface area contributed by atoms with Gasteiger partial charge in [0.25, 0.3) is 0 Å². The Morgan fingerprint density at radius 1 is 1.11 bits per heavy atom. The van der Waals surface area contributed by atoms with Crippen molar-refractivity contribution in [3.8, 4) is 0 Å². The van der Waals surface area contributed by atoms with Gasteiger partial charge in [0.1, 0.15) is 12.4 Å². The topological polar surface area (TPSA) is 45.7 Å². The first-order chi connectivity index (χ1) is 13.7. The molecule has 0 N–H and O–H groups in total. The summed E-state index contributed by atoms with van der Waals surface area (Å²) in [5.41, 5.74) is 3.38. The van der Waals surface area contributed by atoms with Gasteiger partial charge in [0, 0.05) is 25.8 Å². The molecule has 5 heteroatoms. The van der Waals surface area contributed by atoms with E-state index < -0.39 is 0 Å². The van der Waals surface area contributed by atoms with Crippen molar-refractivity contribution in [3.63, 3.8) is 0 Å². The van der Waals surface area contributed by atoms with Crippen LogP contribution in [0.15, 0.2) is 42.6 Å². The molecule has 0 saturated carbocycles. The molecule has 148 valence electrons. The van der Waals surface area contributed by atoms with Crippen molar-refractivity contribution in [2.45, 2.75) is 51.7 Å². The molecular weight excluding hydrogens is 350 g/mol. The molecule has 2 aliphatic rings. The number of aromatic nitrogens is 1. The summed E-state index contributed by atoms with van der Waals surface area (Å²) in [4.78, 5) is 21.8. The van der Waals surface area contributed by atoms with Crippen molar-refractivity contribution in [1.82, 2.24) is 9.88 Å². The second-order valence-corrected chi connectivity index (χ2v) is 7.84. The first-order valence-corrected chi connectivity index (χ1v) is 10.4. The summed E-state index contributed by atoms with van der Waals surface area (Å²) in [6.07, 6.45) is 7.35. The first kappa shape index (κ1) is 18.8. The third kappa shape index (κ3) is 4.13. The molecule has 0 bridgehead atoms. The fraction of sp³-hybridized carbons (Fsp3) is 0.478. The molecule has 28 heavy (non-hydrogen) atoms.